The summed E-state index contributed by atoms with van der Waals surface area (Å²) in [5, 5.41) is 129. The molecule has 0 saturated heterocycles. The number of phenols is 3. The van der Waals surface area contributed by atoms with Crippen molar-refractivity contribution in [3.8, 4) is 28.7 Å². The van der Waals surface area contributed by atoms with Gasteiger partial charge in [0.25, 0.3) is 56.3 Å². The number of carbonyl (C=O) groups is 1. The number of fused-ring (bicyclic) bond motifs is 3. The molecule has 582 valence electrons. The Morgan fingerprint density at radius 2 is 0.991 bits per heavy atom. The van der Waals surface area contributed by atoms with E-state index in [0.717, 1.165) is 48.5 Å². The maximum atomic E-state index is 13.4. The number of hydrogen-bond donors (Lipinski definition) is 13. The molecule has 0 fully saturated rings. The second-order valence-electron chi connectivity index (χ2n) is 21.8. The number of hydrogen-bond acceptors (Lipinski definition) is 41. The van der Waals surface area contributed by atoms with Crippen molar-refractivity contribution >= 4 is 193 Å². The van der Waals surface area contributed by atoms with E-state index in [-0.39, 0.29) is 106 Å². The minimum atomic E-state index is -5.73. The number of nitro groups is 1. The van der Waals surface area contributed by atoms with Gasteiger partial charge in [-0.2, -0.15) is 52.3 Å². The fourth-order valence-electron chi connectivity index (χ4n) is 9.90. The van der Waals surface area contributed by atoms with Crippen molar-refractivity contribution in [2.45, 2.75) is 56.1 Å². The highest BCUT2D eigenvalue weighted by molar-refractivity contribution is 7.95. The molecule has 9 aromatic rings. The summed E-state index contributed by atoms with van der Waals surface area (Å²) >= 11 is 1.36. The number of aromatic hydroxyl groups is 3. The number of phenolic OH excluding ortho intramolecular Hbond substituents is 3. The number of nitro benzene ring substituents is 1. The Hall–Kier alpha value is -10.3. The summed E-state index contributed by atoms with van der Waals surface area (Å²) in [5.74, 6) is -4.92. The normalized spacial score (nSPS) is 12.7. The van der Waals surface area contributed by atoms with Gasteiger partial charge in [0.1, 0.15) is 71.7 Å². The summed E-state index contributed by atoms with van der Waals surface area (Å²) < 4.78 is 205. The Morgan fingerprint density at radius 3 is 1.52 bits per heavy atom. The summed E-state index contributed by atoms with van der Waals surface area (Å²) in [7, 11) is -26.9. The van der Waals surface area contributed by atoms with Crippen molar-refractivity contribution in [2.75, 3.05) is 30.5 Å². The van der Waals surface area contributed by atoms with Gasteiger partial charge in [0.2, 0.25) is 0 Å². The molecule has 0 heterocycles. The van der Waals surface area contributed by atoms with Gasteiger partial charge < -0.3 is 35.6 Å². The molecule has 9 rings (SSSR count). The van der Waals surface area contributed by atoms with Crippen molar-refractivity contribution < 1.29 is 148 Å². The highest BCUT2D eigenvalue weighted by Crippen LogP contribution is 2.52. The molecule has 53 heteroatoms. The van der Waals surface area contributed by atoms with Crippen LogP contribution in [0.3, 0.4) is 0 Å². The van der Waals surface area contributed by atoms with Gasteiger partial charge >= 0.3 is 5.97 Å². The van der Waals surface area contributed by atoms with Gasteiger partial charge in [-0.25, -0.2) is 20.6 Å². The fourth-order valence-corrected chi connectivity index (χ4v) is 14.3. The zero-order chi connectivity index (χ0) is 80.5. The zero-order valence-electron chi connectivity index (χ0n) is 54.7. The van der Waals surface area contributed by atoms with Crippen LogP contribution in [0.5, 0.6) is 28.7 Å². The molecule has 0 radical (unpaired) electrons. The zero-order valence-corrected chi connectivity index (χ0v) is 61.2. The Morgan fingerprint density at radius 1 is 0.491 bits per heavy atom. The number of ether oxygens (including phenoxy) is 2. The average Bonchev–Trinajstić information content (AvgIpc) is 0.755. The van der Waals surface area contributed by atoms with Gasteiger partial charge in [-0.1, -0.05) is 15.1 Å². The van der Waals surface area contributed by atoms with Crippen LogP contribution >= 0.6 is 36.1 Å². The molecule has 45 nitrogen and oxygen atoms in total. The van der Waals surface area contributed by atoms with E-state index < -0.39 is 181 Å². The van der Waals surface area contributed by atoms with Crippen LogP contribution in [-0.4, -0.2) is 137 Å². The molecular formula is C57H48N12O33S8. The molecule has 0 aromatic heterocycles. The first-order valence-electron chi connectivity index (χ1n) is 29.4. The third-order valence-electron chi connectivity index (χ3n) is 14.7. The first-order valence-corrected chi connectivity index (χ1v) is 39.1. The average molecular weight is 1690 g/mol. The van der Waals surface area contributed by atoms with E-state index >= 15 is 0 Å². The number of benzene rings is 9. The highest BCUT2D eigenvalue weighted by atomic mass is 32.2. The van der Waals surface area contributed by atoms with Gasteiger partial charge in [-0.3, -0.25) is 32.9 Å². The summed E-state index contributed by atoms with van der Waals surface area (Å²) in [6, 6.07) is 14.0. The lowest BCUT2D eigenvalue weighted by Crippen LogP contribution is -2.03. The summed E-state index contributed by atoms with van der Waals surface area (Å²) in [6.07, 6.45) is 0.360. The van der Waals surface area contributed by atoms with E-state index in [9.17, 15) is 100 Å². The van der Waals surface area contributed by atoms with E-state index in [1.807, 2.05) is 0 Å². The SMILES string of the molecule is Cc1cc(N=Nc2c(S(=O)(=O)O)cc3c(S(=O)(=O)O)c(N=Nc4cc(S(=O)(=O)O)c5cc(SOOO)c(N=Nc6ccc([N+](=O)[O-])cc6C(=O)O)c(O)c5c4N)ccc3c2O)c(OCCCSOOO)cc1N=Nc1cc(C)c(N=Nc2cc(S(=O)(=O)O)cc3cc(S(=O)(=O)O)cc(O)c23)cc1OCCCSOOO. The van der Waals surface area contributed by atoms with Crippen molar-refractivity contribution in [2.24, 2.45) is 51.1 Å². The molecule has 110 heavy (non-hydrogen) atoms. The van der Waals surface area contributed by atoms with Gasteiger partial charge in [0, 0.05) is 82.1 Å². The van der Waals surface area contributed by atoms with Crippen molar-refractivity contribution in [3.05, 3.63) is 124 Å². The van der Waals surface area contributed by atoms with Crippen LogP contribution in [0.2, 0.25) is 0 Å². The van der Waals surface area contributed by atoms with E-state index in [1.165, 1.54) is 38.1 Å². The highest BCUT2D eigenvalue weighted by Gasteiger charge is 2.31. The standard InChI is InChI=1S/C57H48N12O33S8/c1-25-13-39(44(95-9-3-11-103-100-97-77)23-38(25)62-65-41-18-29(106(80,81)82)15-27-16-30(107(83,84)85)19-43(70)49(27)41)63-61-37-22-45(96-10-4-12-104-101-98-78)40(14-26(37)2)64-68-53-48(109(89,90)91)21-32-31(54(53)71)6-8-36(56(32)110(92,93)94)60-66-42-24-47(108(86,87)88)34-20-46(105-102-99-79)52(55(72)50(34)51(42)58)67-59-35-7-5-28(69(75)76)17-33(35)57(73)74/h5-8,13-24,70-72,77-79H,3-4,9-12,58H2,1-2H3,(H,73,74)(H,80,81,82)(H,83,84,85)(H,86,87,88)(H,89,90,91)(H,92,93,94). The fraction of sp³-hybridized carbons (Fsp3) is 0.140. The van der Waals surface area contributed by atoms with Crippen LogP contribution in [0.1, 0.15) is 34.3 Å². The maximum Gasteiger partial charge on any atom is 0.338 e. The second kappa shape index (κ2) is 34.7. The smallest absolute Gasteiger partial charge is 0.338 e. The van der Waals surface area contributed by atoms with Crippen LogP contribution in [0.4, 0.5) is 68.2 Å². The van der Waals surface area contributed by atoms with Crippen molar-refractivity contribution in [1.29, 1.82) is 0 Å². The Labute approximate surface area is 628 Å². The Bertz CT molecular complexity index is 5980. The predicted molar refractivity (Wildman–Crippen MR) is 379 cm³/mol. The third-order valence-corrected chi connectivity index (χ3v) is 20.9. The molecule has 0 saturated carbocycles. The van der Waals surface area contributed by atoms with Gasteiger partial charge in [0.05, 0.1) is 84.0 Å². The minimum Gasteiger partial charge on any atom is -0.507 e. The predicted octanol–water partition coefficient (Wildman–Crippen LogP) is 14.5. The number of carboxylic acids is 1. The number of rotatable bonds is 34. The Kier molecular flexibility index (Phi) is 26.4. The molecule has 0 aliphatic rings. The molecule has 14 N–H and O–H groups in total. The van der Waals surface area contributed by atoms with Crippen molar-refractivity contribution in [1.82, 2.24) is 0 Å². The molecule has 0 aliphatic heterocycles. The van der Waals surface area contributed by atoms with E-state index in [0.29, 0.717) is 48.4 Å². The maximum absolute atomic E-state index is 13.4. The van der Waals surface area contributed by atoms with Crippen LogP contribution in [0, 0.1) is 24.0 Å². The van der Waals surface area contributed by atoms with Crippen LogP contribution < -0.4 is 15.2 Å². The van der Waals surface area contributed by atoms with E-state index in [1.54, 1.807) is 0 Å². The molecule has 0 amide bonds. The minimum absolute atomic E-state index is 0.00180. The monoisotopic (exact) mass is 1680 g/mol. The lowest BCUT2D eigenvalue weighted by Gasteiger charge is -2.15. The molecule has 0 bridgehead atoms. The number of aromatic carboxylic acids is 1. The third kappa shape index (κ3) is 19.8. The summed E-state index contributed by atoms with van der Waals surface area (Å²) in [5.41, 5.74) is -0.311. The quantitative estimate of drug-likeness (QED) is 0.00260. The van der Waals surface area contributed by atoms with E-state index in [4.69, 9.17) is 31.0 Å². The Balaban J connectivity index is 1.12. The molecule has 0 unspecified atom stereocenters. The molecule has 0 aliphatic carbocycles. The largest absolute Gasteiger partial charge is 0.507 e. The number of carboxylic acid groups (broad SMARTS) is 1. The van der Waals surface area contributed by atoms with Gasteiger partial charge in [0.15, 0.2) is 11.5 Å². The first-order chi connectivity index (χ1) is 51.7. The van der Waals surface area contributed by atoms with E-state index in [2.05, 4.69) is 79.3 Å². The first kappa shape index (κ1) is 83.7. The number of azo groups is 5. The van der Waals surface area contributed by atoms with Gasteiger partial charge in [-0.15, -0.1) is 53.9 Å². The number of aryl methyl sites for hydroxylation is 2. The van der Waals surface area contributed by atoms with Crippen molar-refractivity contribution in [3.63, 3.8) is 0 Å². The number of non-ortho nitro benzene ring substituents is 1. The molecule has 9 aromatic carbocycles. The molecular weight excluding hydrogens is 1640 g/mol. The topological polar surface area (TPSA) is 697 Å². The van der Waals surface area contributed by atoms with Crippen LogP contribution in [0.25, 0.3) is 32.3 Å². The summed E-state index contributed by atoms with van der Waals surface area (Å²) in [4.78, 5) is 16.5. The number of nitrogens with zero attached hydrogens (tertiary/aromatic N) is 11. The van der Waals surface area contributed by atoms with Crippen LogP contribution in [-0.2, 0) is 78.7 Å². The van der Waals surface area contributed by atoms with Gasteiger partial charge in [-0.05, 0) is 110 Å². The number of nitrogens with two attached hydrogens (primary N) is 1. The van der Waals surface area contributed by atoms with Crippen LogP contribution in [0.15, 0.2) is 178 Å². The molecule has 0 spiro atoms. The summed E-state index contributed by atoms with van der Waals surface area (Å²) in [6.45, 7) is 2.70. The lowest BCUT2D eigenvalue weighted by atomic mass is 10.0. The molecule has 0 atom stereocenters. The second-order valence-corrected chi connectivity index (χ2v) is 31.1. The number of anilines is 1. The number of nitrogen functional groups attached to an aromatic ring is 1. The lowest BCUT2D eigenvalue weighted by molar-refractivity contribution is -0.432.